The molecule has 0 bridgehead atoms. The topological polar surface area (TPSA) is 116 Å². The number of anilines is 1. The van der Waals surface area contributed by atoms with Gasteiger partial charge in [-0.1, -0.05) is 6.58 Å². The van der Waals surface area contributed by atoms with Gasteiger partial charge >= 0.3 is 0 Å². The van der Waals surface area contributed by atoms with Gasteiger partial charge in [0, 0.05) is 24.1 Å². The SMILES string of the molecule is C=CC(=O)N1CC2(CC(n3nc(-c4ccc(OC(C)C)cc4)c(C(N)=O)c3N)C2)C1. The maximum atomic E-state index is 12.1. The summed E-state index contributed by atoms with van der Waals surface area (Å²) >= 11 is 0. The number of nitrogens with zero attached hydrogens (tertiary/aromatic N) is 3. The van der Waals surface area contributed by atoms with Crippen molar-refractivity contribution >= 4 is 17.6 Å². The van der Waals surface area contributed by atoms with Crippen molar-refractivity contribution in [1.82, 2.24) is 14.7 Å². The molecular weight excluding hydrogens is 382 g/mol. The summed E-state index contributed by atoms with van der Waals surface area (Å²) in [6, 6.07) is 7.47. The van der Waals surface area contributed by atoms with Crippen molar-refractivity contribution in [3.8, 4) is 17.0 Å². The van der Waals surface area contributed by atoms with Crippen molar-refractivity contribution in [1.29, 1.82) is 0 Å². The minimum atomic E-state index is -0.600. The monoisotopic (exact) mass is 409 g/mol. The number of hydrogen-bond donors (Lipinski definition) is 2. The third-order valence-electron chi connectivity index (χ3n) is 5.92. The van der Waals surface area contributed by atoms with E-state index in [1.807, 2.05) is 38.1 Å². The van der Waals surface area contributed by atoms with Crippen LogP contribution in [-0.2, 0) is 4.79 Å². The first-order valence-corrected chi connectivity index (χ1v) is 10.1. The highest BCUT2D eigenvalue weighted by molar-refractivity contribution is 6.03. The molecule has 1 aliphatic carbocycles. The Labute approximate surface area is 175 Å². The highest BCUT2D eigenvalue weighted by Gasteiger charge is 2.54. The smallest absolute Gasteiger partial charge is 0.254 e. The van der Waals surface area contributed by atoms with Gasteiger partial charge in [-0.15, -0.1) is 0 Å². The lowest BCUT2D eigenvalue weighted by Gasteiger charge is -2.58. The second-order valence-electron chi connectivity index (χ2n) is 8.57. The molecule has 0 atom stereocenters. The summed E-state index contributed by atoms with van der Waals surface area (Å²) in [4.78, 5) is 25.6. The number of rotatable bonds is 6. The minimum Gasteiger partial charge on any atom is -0.491 e. The van der Waals surface area contributed by atoms with Crippen molar-refractivity contribution in [2.45, 2.75) is 38.8 Å². The highest BCUT2D eigenvalue weighted by Crippen LogP contribution is 2.54. The maximum Gasteiger partial charge on any atom is 0.254 e. The van der Waals surface area contributed by atoms with E-state index in [2.05, 4.69) is 11.7 Å². The molecule has 8 heteroatoms. The molecule has 4 rings (SSSR count). The van der Waals surface area contributed by atoms with Gasteiger partial charge in [-0.3, -0.25) is 9.59 Å². The average molecular weight is 409 g/mol. The summed E-state index contributed by atoms with van der Waals surface area (Å²) in [5, 5.41) is 4.66. The third-order valence-corrected chi connectivity index (χ3v) is 5.92. The predicted octanol–water partition coefficient (Wildman–Crippen LogP) is 2.37. The number of primary amides is 1. The molecule has 1 aromatic carbocycles. The van der Waals surface area contributed by atoms with E-state index in [1.165, 1.54) is 6.08 Å². The molecule has 1 saturated heterocycles. The number of nitrogens with two attached hydrogens (primary N) is 2. The Morgan fingerprint density at radius 2 is 1.90 bits per heavy atom. The number of amides is 2. The Balaban J connectivity index is 1.55. The highest BCUT2D eigenvalue weighted by atomic mass is 16.5. The summed E-state index contributed by atoms with van der Waals surface area (Å²) in [7, 11) is 0. The van der Waals surface area contributed by atoms with E-state index in [4.69, 9.17) is 16.2 Å². The summed E-state index contributed by atoms with van der Waals surface area (Å²) in [5.41, 5.74) is 13.5. The molecule has 4 N–H and O–H groups in total. The van der Waals surface area contributed by atoms with Gasteiger partial charge in [0.2, 0.25) is 5.91 Å². The van der Waals surface area contributed by atoms with Crippen molar-refractivity contribution in [2.75, 3.05) is 18.8 Å². The Morgan fingerprint density at radius 3 is 2.43 bits per heavy atom. The number of aromatic nitrogens is 2. The van der Waals surface area contributed by atoms with Crippen LogP contribution < -0.4 is 16.2 Å². The van der Waals surface area contributed by atoms with Gasteiger partial charge in [0.25, 0.3) is 5.91 Å². The minimum absolute atomic E-state index is 0.0362. The van der Waals surface area contributed by atoms with Gasteiger partial charge in [0.15, 0.2) is 0 Å². The normalized spacial score (nSPS) is 17.5. The van der Waals surface area contributed by atoms with Crippen LogP contribution >= 0.6 is 0 Å². The van der Waals surface area contributed by atoms with E-state index >= 15 is 0 Å². The van der Waals surface area contributed by atoms with Crippen LogP contribution in [0, 0.1) is 5.41 Å². The van der Waals surface area contributed by atoms with E-state index in [1.54, 1.807) is 9.58 Å². The lowest BCUT2D eigenvalue weighted by Crippen LogP contribution is -2.63. The first-order valence-electron chi connectivity index (χ1n) is 10.1. The molecule has 1 aromatic heterocycles. The van der Waals surface area contributed by atoms with E-state index in [0.29, 0.717) is 11.5 Å². The van der Waals surface area contributed by atoms with Gasteiger partial charge in [0.05, 0.1) is 12.1 Å². The van der Waals surface area contributed by atoms with E-state index in [-0.39, 0.29) is 29.0 Å². The molecule has 0 radical (unpaired) electrons. The van der Waals surface area contributed by atoms with Gasteiger partial charge in [-0.25, -0.2) is 4.68 Å². The van der Waals surface area contributed by atoms with Crippen LogP contribution in [0.15, 0.2) is 36.9 Å². The number of carbonyl (C=O) groups excluding carboxylic acids is 2. The zero-order chi connectivity index (χ0) is 21.6. The maximum absolute atomic E-state index is 12.1. The van der Waals surface area contributed by atoms with Crippen molar-refractivity contribution in [2.24, 2.45) is 11.1 Å². The van der Waals surface area contributed by atoms with Gasteiger partial charge < -0.3 is 21.1 Å². The summed E-state index contributed by atoms with van der Waals surface area (Å²) < 4.78 is 7.40. The second-order valence-corrected chi connectivity index (χ2v) is 8.57. The number of likely N-dealkylation sites (tertiary alicyclic amines) is 1. The fraction of sp³-hybridized carbons (Fsp3) is 0.409. The summed E-state index contributed by atoms with van der Waals surface area (Å²) in [6.45, 7) is 8.90. The zero-order valence-corrected chi connectivity index (χ0v) is 17.3. The first-order chi connectivity index (χ1) is 14.2. The molecule has 0 unspecified atom stereocenters. The van der Waals surface area contributed by atoms with Crippen LogP contribution in [0.2, 0.25) is 0 Å². The number of carbonyl (C=O) groups is 2. The molecule has 2 fully saturated rings. The Morgan fingerprint density at radius 1 is 1.27 bits per heavy atom. The van der Waals surface area contributed by atoms with Crippen molar-refractivity contribution < 1.29 is 14.3 Å². The Bertz CT molecular complexity index is 995. The van der Waals surface area contributed by atoms with Crippen LogP contribution in [0.25, 0.3) is 11.3 Å². The van der Waals surface area contributed by atoms with Crippen LogP contribution in [0.1, 0.15) is 43.1 Å². The van der Waals surface area contributed by atoms with Crippen molar-refractivity contribution in [3.05, 3.63) is 42.5 Å². The number of benzene rings is 1. The van der Waals surface area contributed by atoms with E-state index in [9.17, 15) is 9.59 Å². The molecule has 2 amide bonds. The average Bonchev–Trinajstić information content (AvgIpc) is 2.96. The van der Waals surface area contributed by atoms with Crippen LogP contribution in [0.5, 0.6) is 5.75 Å². The van der Waals surface area contributed by atoms with E-state index < -0.39 is 5.91 Å². The Kier molecular flexibility index (Phi) is 4.80. The molecule has 2 heterocycles. The molecule has 2 aromatic rings. The molecular formula is C22H27N5O3. The largest absolute Gasteiger partial charge is 0.491 e. The lowest BCUT2D eigenvalue weighted by atomic mass is 9.60. The number of ether oxygens (including phenoxy) is 1. The summed E-state index contributed by atoms with van der Waals surface area (Å²) in [6.07, 6.45) is 3.14. The van der Waals surface area contributed by atoms with Crippen LogP contribution in [0.3, 0.4) is 0 Å². The fourth-order valence-corrected chi connectivity index (χ4v) is 4.55. The van der Waals surface area contributed by atoms with E-state index in [0.717, 1.165) is 37.2 Å². The molecule has 1 saturated carbocycles. The number of hydrogen-bond acceptors (Lipinski definition) is 5. The van der Waals surface area contributed by atoms with Gasteiger partial charge in [-0.05, 0) is 57.0 Å². The zero-order valence-electron chi connectivity index (χ0n) is 17.3. The molecule has 1 aliphatic heterocycles. The Hall–Kier alpha value is -3.29. The van der Waals surface area contributed by atoms with Gasteiger partial charge in [-0.2, -0.15) is 5.10 Å². The standard InChI is InChI=1S/C22H27N5O3/c1-4-17(28)26-11-22(12-26)9-15(10-22)27-20(23)18(21(24)29)19(25-27)14-5-7-16(8-6-14)30-13(2)3/h4-8,13,15H,1,9-12,23H2,2-3H3,(H2,24,29). The predicted molar refractivity (Wildman–Crippen MR) is 114 cm³/mol. The molecule has 8 nitrogen and oxygen atoms in total. The quantitative estimate of drug-likeness (QED) is 0.711. The molecule has 2 aliphatic rings. The van der Waals surface area contributed by atoms with Crippen molar-refractivity contribution in [3.63, 3.8) is 0 Å². The second kappa shape index (κ2) is 7.19. The van der Waals surface area contributed by atoms with Crippen LogP contribution in [0.4, 0.5) is 5.82 Å². The van der Waals surface area contributed by atoms with Gasteiger partial charge in [0.1, 0.15) is 22.8 Å². The van der Waals surface area contributed by atoms with Crippen LogP contribution in [-0.4, -0.2) is 45.7 Å². The molecule has 158 valence electrons. The summed E-state index contributed by atoms with van der Waals surface area (Å²) in [5.74, 6) is 0.395. The molecule has 1 spiro atoms. The molecule has 30 heavy (non-hydrogen) atoms. The lowest BCUT2D eigenvalue weighted by molar-refractivity contribution is -0.148. The fourth-order valence-electron chi connectivity index (χ4n) is 4.55. The third kappa shape index (κ3) is 3.32. The first kappa shape index (κ1) is 20.0. The number of nitrogen functional groups attached to an aromatic ring is 1.